The lowest BCUT2D eigenvalue weighted by Gasteiger charge is -2.10. The Kier molecular flexibility index (Phi) is 3.21. The van der Waals surface area contributed by atoms with Gasteiger partial charge in [-0.3, -0.25) is 14.7 Å². The largest absolute Gasteiger partial charge is 0.329 e. The molecule has 0 spiro atoms. The highest BCUT2D eigenvalue weighted by Crippen LogP contribution is 2.40. The summed E-state index contributed by atoms with van der Waals surface area (Å²) in [7, 11) is -1.85. The number of nitro benzene ring substituents is 1. The molecule has 1 aromatic rings. The molecule has 0 heterocycles. The van der Waals surface area contributed by atoms with Gasteiger partial charge in [-0.2, -0.15) is 4.39 Å². The van der Waals surface area contributed by atoms with Crippen molar-refractivity contribution in [2.24, 2.45) is 0 Å². The number of nitro groups is 1. The fourth-order valence-corrected chi connectivity index (χ4v) is 1.91. The van der Waals surface area contributed by atoms with Gasteiger partial charge in [0, 0.05) is 25.1 Å². The zero-order valence-electron chi connectivity index (χ0n) is 8.14. The maximum absolute atomic E-state index is 12.9. The molecule has 0 fully saturated rings. The third-order valence-corrected chi connectivity index (χ3v) is 3.86. The minimum absolute atomic E-state index is 0.123. The lowest BCUT2D eigenvalue weighted by Crippen LogP contribution is -2.07. The van der Waals surface area contributed by atoms with Crippen molar-refractivity contribution in [3.8, 4) is 0 Å². The number of halogens is 1. The molecule has 1 unspecified atom stereocenters. The van der Waals surface area contributed by atoms with Gasteiger partial charge in [0.05, 0.1) is 4.92 Å². The number of hydrogen-bond acceptors (Lipinski definition) is 4. The molecule has 0 amide bonds. The first-order valence-corrected chi connectivity index (χ1v) is 6.03. The third-order valence-electron chi connectivity index (χ3n) is 1.94. The van der Waals surface area contributed by atoms with Crippen molar-refractivity contribution in [2.75, 3.05) is 13.8 Å². The summed E-state index contributed by atoms with van der Waals surface area (Å²) >= 11 is 0. The molecule has 7 heteroatoms. The highest BCUT2D eigenvalue weighted by atomic mass is 31.2. The van der Waals surface area contributed by atoms with Gasteiger partial charge >= 0.3 is 5.69 Å². The lowest BCUT2D eigenvalue weighted by molar-refractivity contribution is -0.387. The van der Waals surface area contributed by atoms with Crippen molar-refractivity contribution < 1.29 is 18.4 Å². The molecule has 0 aliphatic heterocycles. The first-order valence-electron chi connectivity index (χ1n) is 3.96. The van der Waals surface area contributed by atoms with Gasteiger partial charge in [0.15, 0.2) is 0 Å². The molecule has 0 N–H and O–H groups in total. The normalized spacial score (nSPS) is 14.6. The van der Waals surface area contributed by atoms with Crippen LogP contribution in [-0.4, -0.2) is 18.7 Å². The van der Waals surface area contributed by atoms with Crippen molar-refractivity contribution in [3.63, 3.8) is 0 Å². The van der Waals surface area contributed by atoms with Crippen LogP contribution in [0.4, 0.5) is 10.1 Å². The van der Waals surface area contributed by atoms with E-state index in [0.29, 0.717) is 0 Å². The molecule has 0 aromatic heterocycles. The Hall–Kier alpha value is -1.26. The average Bonchev–Trinajstić information content (AvgIpc) is 2.17. The summed E-state index contributed by atoms with van der Waals surface area (Å²) in [6.07, 6.45) is 0. The molecule has 1 aromatic carbocycles. The third kappa shape index (κ3) is 2.40. The number of rotatable bonds is 3. The maximum Gasteiger partial charge on any atom is 0.305 e. The summed E-state index contributed by atoms with van der Waals surface area (Å²) in [5.41, 5.74) is -0.702. The van der Waals surface area contributed by atoms with Crippen LogP contribution in [0.1, 0.15) is 0 Å². The smallest absolute Gasteiger partial charge is 0.305 e. The molecule has 0 radical (unpaired) electrons. The second-order valence-corrected chi connectivity index (χ2v) is 5.49. The van der Waals surface area contributed by atoms with Crippen molar-refractivity contribution in [2.45, 2.75) is 0 Å². The molecule has 0 aliphatic rings. The minimum Gasteiger partial charge on any atom is -0.329 e. The molecule has 5 nitrogen and oxygen atoms in total. The van der Waals surface area contributed by atoms with Gasteiger partial charge in [0.25, 0.3) is 0 Å². The van der Waals surface area contributed by atoms with Gasteiger partial charge in [-0.1, -0.05) is 0 Å². The standard InChI is InChI=1S/C8H9FNO4P/c1-14-15(2,13)6-3-4-7(9)8(5-6)10(11)12/h3-5H,1-2H3. The SMILES string of the molecule is COP(C)(=O)c1ccc(F)c([N+](=O)[O-])c1. The van der Waals surface area contributed by atoms with Crippen LogP contribution in [0.25, 0.3) is 0 Å². The van der Waals surface area contributed by atoms with E-state index in [-0.39, 0.29) is 5.30 Å². The van der Waals surface area contributed by atoms with Crippen LogP contribution in [0.5, 0.6) is 0 Å². The molecule has 1 rings (SSSR count). The van der Waals surface area contributed by atoms with Crippen molar-refractivity contribution in [3.05, 3.63) is 34.1 Å². The van der Waals surface area contributed by atoms with E-state index in [0.717, 1.165) is 12.1 Å². The van der Waals surface area contributed by atoms with Gasteiger partial charge in [-0.25, -0.2) is 0 Å². The Labute approximate surface area is 85.5 Å². The van der Waals surface area contributed by atoms with E-state index in [1.54, 1.807) is 0 Å². The van der Waals surface area contributed by atoms with E-state index in [9.17, 15) is 19.1 Å². The van der Waals surface area contributed by atoms with Crippen LogP contribution in [0, 0.1) is 15.9 Å². The average molecular weight is 233 g/mol. The van der Waals surface area contributed by atoms with Crippen molar-refractivity contribution >= 4 is 18.4 Å². The Morgan fingerprint density at radius 1 is 1.53 bits per heavy atom. The Balaban J connectivity index is 3.31. The fourth-order valence-electron chi connectivity index (χ4n) is 0.999. The molecular weight excluding hydrogens is 224 g/mol. The maximum atomic E-state index is 12.9. The molecule has 0 aliphatic carbocycles. The van der Waals surface area contributed by atoms with Gasteiger partial charge in [0.2, 0.25) is 13.2 Å². The number of hydrogen-bond donors (Lipinski definition) is 0. The van der Waals surface area contributed by atoms with E-state index >= 15 is 0 Å². The first kappa shape index (κ1) is 11.8. The Bertz CT molecular complexity index is 448. The molecule has 0 saturated heterocycles. The van der Waals surface area contributed by atoms with E-state index in [4.69, 9.17) is 4.52 Å². The monoisotopic (exact) mass is 233 g/mol. The second kappa shape index (κ2) is 4.08. The van der Waals surface area contributed by atoms with Crippen LogP contribution < -0.4 is 5.30 Å². The highest BCUT2D eigenvalue weighted by molar-refractivity contribution is 7.66. The van der Waals surface area contributed by atoms with Crippen LogP contribution in [0.15, 0.2) is 18.2 Å². The molecule has 0 bridgehead atoms. The second-order valence-electron chi connectivity index (χ2n) is 2.92. The Morgan fingerprint density at radius 2 is 2.13 bits per heavy atom. The summed E-state index contributed by atoms with van der Waals surface area (Å²) in [5.74, 6) is -0.958. The van der Waals surface area contributed by atoms with Gasteiger partial charge in [-0.15, -0.1) is 0 Å². The van der Waals surface area contributed by atoms with Crippen molar-refractivity contribution in [1.29, 1.82) is 0 Å². The lowest BCUT2D eigenvalue weighted by atomic mass is 10.3. The van der Waals surface area contributed by atoms with Gasteiger partial charge in [0.1, 0.15) is 0 Å². The molecular formula is C8H9FNO4P. The van der Waals surface area contributed by atoms with Crippen LogP contribution in [-0.2, 0) is 9.09 Å². The van der Waals surface area contributed by atoms with Crippen LogP contribution in [0.2, 0.25) is 0 Å². The summed E-state index contributed by atoms with van der Waals surface area (Å²) in [6.45, 7) is 1.31. The quantitative estimate of drug-likeness (QED) is 0.454. The summed E-state index contributed by atoms with van der Waals surface area (Å²) in [5, 5.41) is 10.5. The topological polar surface area (TPSA) is 69.4 Å². The van der Waals surface area contributed by atoms with Crippen molar-refractivity contribution in [1.82, 2.24) is 0 Å². The summed E-state index contributed by atoms with van der Waals surface area (Å²) in [6, 6.07) is 3.05. The van der Waals surface area contributed by atoms with E-state index in [1.165, 1.54) is 19.8 Å². The van der Waals surface area contributed by atoms with E-state index < -0.39 is 23.8 Å². The van der Waals surface area contributed by atoms with Crippen LogP contribution >= 0.6 is 7.37 Å². The zero-order valence-corrected chi connectivity index (χ0v) is 9.03. The summed E-state index contributed by atoms with van der Waals surface area (Å²) < 4.78 is 29.4. The fraction of sp³-hybridized carbons (Fsp3) is 0.250. The number of nitrogens with zero attached hydrogens (tertiary/aromatic N) is 1. The molecule has 82 valence electrons. The van der Waals surface area contributed by atoms with E-state index in [1.807, 2.05) is 0 Å². The zero-order chi connectivity index (χ0) is 11.6. The first-order chi connectivity index (χ1) is 6.88. The molecule has 0 saturated carbocycles. The van der Waals surface area contributed by atoms with Gasteiger partial charge in [-0.05, 0) is 12.1 Å². The predicted octanol–water partition coefficient (Wildman–Crippen LogP) is 1.91. The van der Waals surface area contributed by atoms with Gasteiger partial charge < -0.3 is 4.52 Å². The van der Waals surface area contributed by atoms with E-state index in [2.05, 4.69) is 0 Å². The number of benzene rings is 1. The molecule has 15 heavy (non-hydrogen) atoms. The highest BCUT2D eigenvalue weighted by Gasteiger charge is 2.23. The van der Waals surface area contributed by atoms with Crippen LogP contribution in [0.3, 0.4) is 0 Å². The minimum atomic E-state index is -3.08. The predicted molar refractivity (Wildman–Crippen MR) is 53.2 cm³/mol. The Morgan fingerprint density at radius 3 is 2.60 bits per heavy atom. The molecule has 1 atom stereocenters. The summed E-state index contributed by atoms with van der Waals surface area (Å²) in [4.78, 5) is 9.56.